The van der Waals surface area contributed by atoms with Gasteiger partial charge in [-0.05, 0) is 25.3 Å². The van der Waals surface area contributed by atoms with Gasteiger partial charge in [0.25, 0.3) is 0 Å². The van der Waals surface area contributed by atoms with Crippen LogP contribution in [0.3, 0.4) is 0 Å². The molecule has 0 spiro atoms. The lowest BCUT2D eigenvalue weighted by Crippen LogP contribution is -2.40. The molecule has 1 aliphatic heterocycles. The Morgan fingerprint density at radius 3 is 3.04 bits per heavy atom. The van der Waals surface area contributed by atoms with Crippen LogP contribution in [0.25, 0.3) is 0 Å². The molecule has 2 aliphatic rings. The summed E-state index contributed by atoms with van der Waals surface area (Å²) < 4.78 is 5.68. The van der Waals surface area contributed by atoms with Crippen LogP contribution in [-0.4, -0.2) is 45.7 Å². The van der Waals surface area contributed by atoms with Gasteiger partial charge >= 0.3 is 0 Å². The average molecular weight is 331 g/mol. The van der Waals surface area contributed by atoms with Crippen LogP contribution in [0.1, 0.15) is 36.1 Å². The molecule has 4 rings (SSSR count). The molecule has 1 atom stereocenters. The van der Waals surface area contributed by atoms with E-state index >= 15 is 0 Å². The monoisotopic (exact) mass is 331 g/mol. The Balaban J connectivity index is 1.50. The molecule has 0 radical (unpaired) electrons. The number of hydrogen-bond donors (Lipinski definition) is 1. The first-order valence-electron chi connectivity index (χ1n) is 8.18. The van der Waals surface area contributed by atoms with E-state index in [1.165, 1.54) is 19.3 Å². The van der Waals surface area contributed by atoms with Crippen molar-refractivity contribution in [1.82, 2.24) is 19.9 Å². The van der Waals surface area contributed by atoms with Gasteiger partial charge in [0.1, 0.15) is 16.6 Å². The Labute approximate surface area is 139 Å². The molecule has 7 heteroatoms. The van der Waals surface area contributed by atoms with Crippen LogP contribution >= 0.6 is 11.3 Å². The summed E-state index contributed by atoms with van der Waals surface area (Å²) in [6.45, 7) is 3.10. The molecule has 1 unspecified atom stereocenters. The maximum absolute atomic E-state index is 5.68. The fourth-order valence-corrected chi connectivity index (χ4v) is 3.59. The minimum absolute atomic E-state index is 0.0933. The topological polar surface area (TPSA) is 63.2 Å². The number of morpholine rings is 1. The van der Waals surface area contributed by atoms with Crippen molar-refractivity contribution in [2.75, 3.05) is 25.1 Å². The van der Waals surface area contributed by atoms with Crippen LogP contribution in [0.15, 0.2) is 23.8 Å². The second-order valence-corrected chi connectivity index (χ2v) is 7.04. The Bertz CT molecular complexity index is 631. The van der Waals surface area contributed by atoms with E-state index in [2.05, 4.69) is 20.2 Å². The van der Waals surface area contributed by atoms with Crippen molar-refractivity contribution in [2.45, 2.75) is 37.9 Å². The minimum Gasteiger partial charge on any atom is -0.378 e. The van der Waals surface area contributed by atoms with Crippen molar-refractivity contribution in [3.8, 4) is 0 Å². The molecule has 3 heterocycles. The lowest BCUT2D eigenvalue weighted by atomic mass is 9.93. The number of thiazole rings is 1. The Kier molecular flexibility index (Phi) is 4.50. The Hall–Kier alpha value is -1.57. The lowest BCUT2D eigenvalue weighted by molar-refractivity contribution is -0.0159. The third kappa shape index (κ3) is 3.52. The molecule has 2 aromatic heterocycles. The van der Waals surface area contributed by atoms with E-state index in [4.69, 9.17) is 9.72 Å². The quantitative estimate of drug-likeness (QED) is 0.908. The molecule has 1 saturated carbocycles. The first-order valence-corrected chi connectivity index (χ1v) is 9.06. The van der Waals surface area contributed by atoms with Gasteiger partial charge in [-0.3, -0.25) is 4.90 Å². The van der Waals surface area contributed by atoms with Crippen molar-refractivity contribution in [3.63, 3.8) is 0 Å². The highest BCUT2D eigenvalue weighted by molar-refractivity contribution is 7.09. The van der Waals surface area contributed by atoms with E-state index in [1.807, 2.05) is 23.8 Å². The number of hydrogen-bond acceptors (Lipinski definition) is 7. The van der Waals surface area contributed by atoms with E-state index in [0.29, 0.717) is 12.6 Å². The number of rotatable bonds is 5. The van der Waals surface area contributed by atoms with Crippen molar-refractivity contribution in [1.29, 1.82) is 0 Å². The predicted molar refractivity (Wildman–Crippen MR) is 89.4 cm³/mol. The van der Waals surface area contributed by atoms with Crippen molar-refractivity contribution < 1.29 is 4.74 Å². The van der Waals surface area contributed by atoms with Crippen LogP contribution in [-0.2, 0) is 11.3 Å². The molecular formula is C16H21N5OS. The SMILES string of the molecule is c1cc(NC2CCC2)nc(C2COCCN2Cc2nccs2)n1. The van der Waals surface area contributed by atoms with Gasteiger partial charge in [-0.15, -0.1) is 11.3 Å². The van der Waals surface area contributed by atoms with Crippen LogP contribution in [0.4, 0.5) is 5.82 Å². The van der Waals surface area contributed by atoms with Gasteiger partial charge in [0.05, 0.1) is 25.8 Å². The second kappa shape index (κ2) is 6.90. The third-order valence-corrected chi connectivity index (χ3v) is 5.25. The van der Waals surface area contributed by atoms with E-state index in [-0.39, 0.29) is 6.04 Å². The number of nitrogens with one attached hydrogen (secondary N) is 1. The Morgan fingerprint density at radius 2 is 2.26 bits per heavy atom. The normalized spacial score (nSPS) is 22.7. The largest absolute Gasteiger partial charge is 0.378 e. The smallest absolute Gasteiger partial charge is 0.150 e. The fraction of sp³-hybridized carbons (Fsp3) is 0.562. The molecule has 2 aromatic rings. The van der Waals surface area contributed by atoms with Crippen molar-refractivity contribution >= 4 is 17.2 Å². The second-order valence-electron chi connectivity index (χ2n) is 6.06. The molecule has 1 saturated heterocycles. The van der Waals surface area contributed by atoms with Gasteiger partial charge < -0.3 is 10.1 Å². The van der Waals surface area contributed by atoms with Crippen LogP contribution < -0.4 is 5.32 Å². The summed E-state index contributed by atoms with van der Waals surface area (Å²) in [5, 5.41) is 6.64. The zero-order valence-electron chi connectivity index (χ0n) is 13.0. The molecule has 1 aliphatic carbocycles. The van der Waals surface area contributed by atoms with Gasteiger partial charge in [-0.2, -0.15) is 0 Å². The summed E-state index contributed by atoms with van der Waals surface area (Å²) in [7, 11) is 0. The van der Waals surface area contributed by atoms with E-state index in [9.17, 15) is 0 Å². The highest BCUT2D eigenvalue weighted by Crippen LogP contribution is 2.26. The lowest BCUT2D eigenvalue weighted by Gasteiger charge is -2.34. The maximum atomic E-state index is 5.68. The van der Waals surface area contributed by atoms with Gasteiger partial charge in [0.15, 0.2) is 0 Å². The summed E-state index contributed by atoms with van der Waals surface area (Å²) in [4.78, 5) is 16.0. The van der Waals surface area contributed by atoms with Gasteiger partial charge in [-0.1, -0.05) is 0 Å². The molecule has 0 amide bonds. The molecule has 6 nitrogen and oxygen atoms in total. The van der Waals surface area contributed by atoms with Gasteiger partial charge in [-0.25, -0.2) is 15.0 Å². The van der Waals surface area contributed by atoms with Crippen LogP contribution in [0.5, 0.6) is 0 Å². The van der Waals surface area contributed by atoms with Gasteiger partial charge in [0, 0.05) is 30.4 Å². The summed E-state index contributed by atoms with van der Waals surface area (Å²) in [6.07, 6.45) is 7.49. The zero-order valence-corrected chi connectivity index (χ0v) is 13.8. The molecule has 2 fully saturated rings. The highest BCUT2D eigenvalue weighted by atomic mass is 32.1. The average Bonchev–Trinajstić information content (AvgIpc) is 3.05. The first kappa shape index (κ1) is 15.0. The molecule has 122 valence electrons. The number of anilines is 1. The van der Waals surface area contributed by atoms with E-state index < -0.39 is 0 Å². The number of aromatic nitrogens is 3. The first-order chi connectivity index (χ1) is 11.4. The molecule has 0 aromatic carbocycles. The van der Waals surface area contributed by atoms with Crippen LogP contribution in [0, 0.1) is 0 Å². The molecular weight excluding hydrogens is 310 g/mol. The molecule has 1 N–H and O–H groups in total. The third-order valence-electron chi connectivity index (χ3n) is 4.49. The standard InChI is InChI=1S/C16H21N5OS/c1-2-12(3-1)19-14-4-5-18-16(20-14)13-11-22-8-7-21(13)10-15-17-6-9-23-15/h4-6,9,12-13H,1-3,7-8,10-11H2,(H,18,19,20). The molecule has 23 heavy (non-hydrogen) atoms. The fourth-order valence-electron chi connectivity index (χ4n) is 2.95. The van der Waals surface area contributed by atoms with E-state index in [1.54, 1.807) is 11.3 Å². The number of nitrogens with zero attached hydrogens (tertiary/aromatic N) is 4. The Morgan fingerprint density at radius 1 is 1.30 bits per heavy atom. The summed E-state index contributed by atoms with van der Waals surface area (Å²) in [5.74, 6) is 1.77. The zero-order chi connectivity index (χ0) is 15.5. The van der Waals surface area contributed by atoms with Gasteiger partial charge in [0.2, 0.25) is 0 Å². The van der Waals surface area contributed by atoms with Crippen LogP contribution in [0.2, 0.25) is 0 Å². The number of ether oxygens (including phenoxy) is 1. The van der Waals surface area contributed by atoms with E-state index in [0.717, 1.165) is 36.3 Å². The highest BCUT2D eigenvalue weighted by Gasteiger charge is 2.28. The predicted octanol–water partition coefficient (Wildman–Crippen LogP) is 2.47. The molecule has 0 bridgehead atoms. The van der Waals surface area contributed by atoms with Crippen molar-refractivity contribution in [3.05, 3.63) is 34.7 Å². The summed E-state index contributed by atoms with van der Waals surface area (Å²) in [5.41, 5.74) is 0. The van der Waals surface area contributed by atoms with Crippen molar-refractivity contribution in [2.24, 2.45) is 0 Å². The minimum atomic E-state index is 0.0933. The summed E-state index contributed by atoms with van der Waals surface area (Å²) in [6, 6.07) is 2.62. The summed E-state index contributed by atoms with van der Waals surface area (Å²) >= 11 is 1.69. The maximum Gasteiger partial charge on any atom is 0.150 e.